The van der Waals surface area contributed by atoms with Crippen LogP contribution in [0.5, 0.6) is 0 Å². The fourth-order valence-electron chi connectivity index (χ4n) is 1.24. The van der Waals surface area contributed by atoms with E-state index in [1.165, 1.54) is 0 Å². The average molecular weight is 201 g/mol. The highest BCUT2D eigenvalue weighted by Gasteiger charge is 2.21. The van der Waals surface area contributed by atoms with Crippen molar-refractivity contribution in [1.82, 2.24) is 4.90 Å². The maximum atomic E-state index is 11.3. The normalized spacial score (nSPS) is 16.9. The first-order valence-electron chi connectivity index (χ1n) is 4.66. The van der Waals surface area contributed by atoms with Crippen LogP contribution < -0.4 is 0 Å². The maximum Gasteiger partial charge on any atom is 0.409 e. The number of ether oxygens (including phenoxy) is 2. The minimum absolute atomic E-state index is 0.214. The second kappa shape index (κ2) is 5.59. The Bertz CT molecular complexity index is 207. The van der Waals surface area contributed by atoms with E-state index in [0.717, 1.165) is 0 Å². The highest BCUT2D eigenvalue weighted by Crippen LogP contribution is 2.06. The molecule has 0 aliphatic carbocycles. The molecule has 1 amide bonds. The van der Waals surface area contributed by atoms with Gasteiger partial charge >= 0.3 is 6.09 Å². The summed E-state index contributed by atoms with van der Waals surface area (Å²) in [5.41, 5.74) is 0. The lowest BCUT2D eigenvalue weighted by Gasteiger charge is -2.25. The van der Waals surface area contributed by atoms with Gasteiger partial charge in [-0.25, -0.2) is 4.79 Å². The van der Waals surface area contributed by atoms with Crippen molar-refractivity contribution in [2.45, 2.75) is 12.8 Å². The molecule has 0 aromatic carbocycles. The van der Waals surface area contributed by atoms with Gasteiger partial charge in [0.2, 0.25) is 0 Å². The molecule has 1 aliphatic rings. The molecule has 0 N–H and O–H groups in total. The Morgan fingerprint density at radius 3 is 2.57 bits per heavy atom. The van der Waals surface area contributed by atoms with Crippen molar-refractivity contribution < 1.29 is 19.1 Å². The highest BCUT2D eigenvalue weighted by atomic mass is 16.6. The van der Waals surface area contributed by atoms with Crippen molar-refractivity contribution in [3.05, 3.63) is 0 Å². The predicted octanol–water partition coefficient (Wildman–Crippen LogP) is 0.434. The molecule has 1 aliphatic heterocycles. The summed E-state index contributed by atoms with van der Waals surface area (Å²) in [5.74, 6) is 0.214. The van der Waals surface area contributed by atoms with Gasteiger partial charge in [0.25, 0.3) is 0 Å². The molecule has 5 nitrogen and oxygen atoms in total. The van der Waals surface area contributed by atoms with Crippen LogP contribution in [-0.4, -0.2) is 50.2 Å². The fourth-order valence-corrected chi connectivity index (χ4v) is 1.24. The van der Waals surface area contributed by atoms with Gasteiger partial charge in [-0.2, -0.15) is 0 Å². The van der Waals surface area contributed by atoms with Crippen LogP contribution in [-0.2, 0) is 14.3 Å². The lowest BCUT2D eigenvalue weighted by atomic mass is 10.1. The summed E-state index contributed by atoms with van der Waals surface area (Å²) < 4.78 is 9.65. The van der Waals surface area contributed by atoms with Crippen LogP contribution in [0.25, 0.3) is 0 Å². The van der Waals surface area contributed by atoms with Crippen LogP contribution in [0.3, 0.4) is 0 Å². The maximum absolute atomic E-state index is 11.3. The Morgan fingerprint density at radius 1 is 1.36 bits per heavy atom. The lowest BCUT2D eigenvalue weighted by Crippen LogP contribution is -2.39. The number of methoxy groups -OCH3 is 1. The standard InChI is InChI=1S/C9H15NO4/c1-13-6-7-14-9(12)10-4-2-8(11)3-5-10/h2-7H2,1H3. The second-order valence-electron chi connectivity index (χ2n) is 3.13. The summed E-state index contributed by atoms with van der Waals surface area (Å²) in [6, 6.07) is 0. The van der Waals surface area contributed by atoms with Gasteiger partial charge in [0.05, 0.1) is 6.61 Å². The number of nitrogens with zero attached hydrogens (tertiary/aromatic N) is 1. The number of amides is 1. The van der Waals surface area contributed by atoms with E-state index >= 15 is 0 Å². The Hall–Kier alpha value is -1.10. The third kappa shape index (κ3) is 3.33. The first-order chi connectivity index (χ1) is 6.74. The molecule has 1 fully saturated rings. The molecule has 80 valence electrons. The number of rotatable bonds is 3. The Labute approximate surface area is 83.0 Å². The summed E-state index contributed by atoms with van der Waals surface area (Å²) in [5, 5.41) is 0. The van der Waals surface area contributed by atoms with Crippen molar-refractivity contribution in [3.63, 3.8) is 0 Å². The lowest BCUT2D eigenvalue weighted by molar-refractivity contribution is -0.121. The highest BCUT2D eigenvalue weighted by molar-refractivity contribution is 5.81. The number of hydrogen-bond donors (Lipinski definition) is 0. The summed E-state index contributed by atoms with van der Waals surface area (Å²) in [6.45, 7) is 1.62. The smallest absolute Gasteiger partial charge is 0.409 e. The van der Waals surface area contributed by atoms with Crippen LogP contribution in [0.4, 0.5) is 4.79 Å². The molecule has 1 saturated heterocycles. The van der Waals surface area contributed by atoms with E-state index in [9.17, 15) is 9.59 Å². The van der Waals surface area contributed by atoms with Crippen LogP contribution >= 0.6 is 0 Å². The van der Waals surface area contributed by atoms with Crippen molar-refractivity contribution in [1.29, 1.82) is 0 Å². The van der Waals surface area contributed by atoms with E-state index in [1.54, 1.807) is 12.0 Å². The number of carbonyl (C=O) groups excluding carboxylic acids is 2. The van der Waals surface area contributed by atoms with E-state index in [2.05, 4.69) is 0 Å². The van der Waals surface area contributed by atoms with E-state index in [-0.39, 0.29) is 18.5 Å². The number of likely N-dealkylation sites (tertiary alicyclic amines) is 1. The van der Waals surface area contributed by atoms with Crippen LogP contribution in [0.15, 0.2) is 0 Å². The molecule has 0 unspecified atom stereocenters. The molecule has 1 rings (SSSR count). The molecule has 0 saturated carbocycles. The molecule has 1 heterocycles. The monoisotopic (exact) mass is 201 g/mol. The molecular weight excluding hydrogens is 186 g/mol. The van der Waals surface area contributed by atoms with E-state index in [4.69, 9.17) is 9.47 Å². The van der Waals surface area contributed by atoms with Crippen molar-refractivity contribution in [3.8, 4) is 0 Å². The third-order valence-corrected chi connectivity index (χ3v) is 2.09. The predicted molar refractivity (Wildman–Crippen MR) is 49.0 cm³/mol. The van der Waals surface area contributed by atoms with Gasteiger partial charge < -0.3 is 14.4 Å². The molecular formula is C9H15NO4. The zero-order valence-electron chi connectivity index (χ0n) is 8.32. The second-order valence-corrected chi connectivity index (χ2v) is 3.13. The molecule has 0 aromatic rings. The largest absolute Gasteiger partial charge is 0.447 e. The topological polar surface area (TPSA) is 55.8 Å². The van der Waals surface area contributed by atoms with Gasteiger partial charge in [-0.3, -0.25) is 4.79 Å². The van der Waals surface area contributed by atoms with Crippen LogP contribution in [0, 0.1) is 0 Å². The summed E-state index contributed by atoms with van der Waals surface area (Å²) in [6.07, 6.45) is 0.535. The first kappa shape index (κ1) is 11.0. The molecule has 0 radical (unpaired) electrons. The molecule has 14 heavy (non-hydrogen) atoms. The van der Waals surface area contributed by atoms with Crippen LogP contribution in [0.1, 0.15) is 12.8 Å². The molecule has 0 aromatic heterocycles. The molecule has 0 bridgehead atoms. The van der Waals surface area contributed by atoms with E-state index in [0.29, 0.717) is 32.5 Å². The van der Waals surface area contributed by atoms with Gasteiger partial charge in [0, 0.05) is 33.0 Å². The van der Waals surface area contributed by atoms with Crippen molar-refractivity contribution in [2.24, 2.45) is 0 Å². The fraction of sp³-hybridized carbons (Fsp3) is 0.778. The first-order valence-corrected chi connectivity index (χ1v) is 4.66. The summed E-state index contributed by atoms with van der Waals surface area (Å²) in [4.78, 5) is 23.8. The minimum atomic E-state index is -0.352. The number of piperidine rings is 1. The average Bonchev–Trinajstić information content (AvgIpc) is 2.19. The Morgan fingerprint density at radius 2 is 2.00 bits per heavy atom. The number of Topliss-reactive ketones (excluding diaryl/α,β-unsaturated/α-hetero) is 1. The van der Waals surface area contributed by atoms with Gasteiger partial charge in [-0.1, -0.05) is 0 Å². The summed E-state index contributed by atoms with van der Waals surface area (Å²) in [7, 11) is 1.55. The van der Waals surface area contributed by atoms with Crippen molar-refractivity contribution >= 4 is 11.9 Å². The van der Waals surface area contributed by atoms with Gasteiger partial charge in [-0.15, -0.1) is 0 Å². The number of hydrogen-bond acceptors (Lipinski definition) is 4. The zero-order chi connectivity index (χ0) is 10.4. The quantitative estimate of drug-likeness (QED) is 0.621. The molecule has 5 heteroatoms. The summed E-state index contributed by atoms with van der Waals surface area (Å²) >= 11 is 0. The number of carbonyl (C=O) groups is 2. The number of ketones is 1. The SMILES string of the molecule is COCCOC(=O)N1CCC(=O)CC1. The molecule has 0 atom stereocenters. The Balaban J connectivity index is 2.20. The van der Waals surface area contributed by atoms with Gasteiger partial charge in [0.15, 0.2) is 0 Å². The zero-order valence-corrected chi connectivity index (χ0v) is 8.32. The van der Waals surface area contributed by atoms with Gasteiger partial charge in [-0.05, 0) is 0 Å². The molecule has 0 spiro atoms. The minimum Gasteiger partial charge on any atom is -0.447 e. The Kier molecular flexibility index (Phi) is 4.39. The van der Waals surface area contributed by atoms with E-state index < -0.39 is 0 Å². The van der Waals surface area contributed by atoms with Crippen LogP contribution in [0.2, 0.25) is 0 Å². The third-order valence-electron chi connectivity index (χ3n) is 2.09. The van der Waals surface area contributed by atoms with E-state index in [1.807, 2.05) is 0 Å². The van der Waals surface area contributed by atoms with Crippen molar-refractivity contribution in [2.75, 3.05) is 33.4 Å². The van der Waals surface area contributed by atoms with Gasteiger partial charge in [0.1, 0.15) is 12.4 Å².